The first-order chi connectivity index (χ1) is 14.4. The molecule has 0 spiro atoms. The van der Waals surface area contributed by atoms with Gasteiger partial charge in [0.25, 0.3) is 0 Å². The summed E-state index contributed by atoms with van der Waals surface area (Å²) in [5, 5.41) is 6.33. The fourth-order valence-corrected chi connectivity index (χ4v) is 4.57. The van der Waals surface area contributed by atoms with Crippen LogP contribution in [0.2, 0.25) is 0 Å². The molecule has 1 aromatic heterocycles. The van der Waals surface area contributed by atoms with E-state index in [-0.39, 0.29) is 10.9 Å². The smallest absolute Gasteiger partial charge is 0.243 e. The number of anilines is 3. The van der Waals surface area contributed by atoms with Crippen molar-refractivity contribution in [1.82, 2.24) is 19.3 Å². The van der Waals surface area contributed by atoms with Gasteiger partial charge in [0.05, 0.1) is 4.90 Å². The maximum Gasteiger partial charge on any atom is 0.243 e. The predicted octanol–water partition coefficient (Wildman–Crippen LogP) is 3.50. The van der Waals surface area contributed by atoms with Crippen molar-refractivity contribution in [3.8, 4) is 11.4 Å². The summed E-state index contributed by atoms with van der Waals surface area (Å²) in [6.45, 7) is 5.14. The SMILES string of the molecule is CC(C)Nc1nc(Nc2cccc(S(=O)(=O)N3CCC3)c2)nc(-c2ccccc2)n1. The van der Waals surface area contributed by atoms with Gasteiger partial charge in [0.2, 0.25) is 21.9 Å². The van der Waals surface area contributed by atoms with Gasteiger partial charge < -0.3 is 10.6 Å². The minimum absolute atomic E-state index is 0.147. The third-order valence-corrected chi connectivity index (χ3v) is 6.52. The van der Waals surface area contributed by atoms with Crippen LogP contribution in [0.4, 0.5) is 17.6 Å². The Balaban J connectivity index is 1.66. The Labute approximate surface area is 176 Å². The predicted molar refractivity (Wildman–Crippen MR) is 117 cm³/mol. The number of aromatic nitrogens is 3. The van der Waals surface area contributed by atoms with Crippen LogP contribution < -0.4 is 10.6 Å². The van der Waals surface area contributed by atoms with Crippen LogP contribution in [-0.2, 0) is 10.0 Å². The van der Waals surface area contributed by atoms with Crippen LogP contribution in [0.15, 0.2) is 59.5 Å². The first kappa shape index (κ1) is 20.2. The van der Waals surface area contributed by atoms with Gasteiger partial charge in [-0.3, -0.25) is 0 Å². The van der Waals surface area contributed by atoms with E-state index in [4.69, 9.17) is 0 Å². The van der Waals surface area contributed by atoms with E-state index in [1.807, 2.05) is 44.2 Å². The third kappa shape index (κ3) is 4.42. The Morgan fingerprint density at radius 1 is 0.933 bits per heavy atom. The topological polar surface area (TPSA) is 100 Å². The molecule has 2 aromatic carbocycles. The summed E-state index contributed by atoms with van der Waals surface area (Å²) in [6.07, 6.45) is 0.899. The molecule has 156 valence electrons. The second kappa shape index (κ2) is 8.37. The van der Waals surface area contributed by atoms with Crippen molar-refractivity contribution in [3.63, 3.8) is 0 Å². The van der Waals surface area contributed by atoms with Gasteiger partial charge in [-0.1, -0.05) is 36.4 Å². The zero-order chi connectivity index (χ0) is 21.1. The van der Waals surface area contributed by atoms with Gasteiger partial charge in [-0.25, -0.2) is 8.42 Å². The Bertz CT molecular complexity index is 1130. The largest absolute Gasteiger partial charge is 0.352 e. The molecular formula is C21H24N6O2S. The quantitative estimate of drug-likeness (QED) is 0.599. The van der Waals surface area contributed by atoms with Crippen LogP contribution in [0, 0.1) is 0 Å². The van der Waals surface area contributed by atoms with Crippen LogP contribution in [0.1, 0.15) is 20.3 Å². The number of rotatable bonds is 7. The molecular weight excluding hydrogens is 400 g/mol. The van der Waals surface area contributed by atoms with Gasteiger partial charge in [0.1, 0.15) is 0 Å². The fraction of sp³-hybridized carbons (Fsp3) is 0.286. The van der Waals surface area contributed by atoms with Gasteiger partial charge in [0.15, 0.2) is 5.82 Å². The van der Waals surface area contributed by atoms with Crippen molar-refractivity contribution < 1.29 is 8.42 Å². The first-order valence-corrected chi connectivity index (χ1v) is 11.3. The van der Waals surface area contributed by atoms with Crippen molar-refractivity contribution >= 4 is 27.6 Å². The highest BCUT2D eigenvalue weighted by Crippen LogP contribution is 2.25. The third-order valence-electron chi connectivity index (χ3n) is 4.63. The maximum atomic E-state index is 12.7. The summed E-state index contributed by atoms with van der Waals surface area (Å²) < 4.78 is 26.8. The van der Waals surface area contributed by atoms with Gasteiger partial charge >= 0.3 is 0 Å². The van der Waals surface area contributed by atoms with E-state index in [0.717, 1.165) is 12.0 Å². The number of sulfonamides is 1. The van der Waals surface area contributed by atoms with Gasteiger partial charge in [-0.05, 0) is 38.5 Å². The molecule has 0 saturated carbocycles. The number of nitrogens with zero attached hydrogens (tertiary/aromatic N) is 4. The van der Waals surface area contributed by atoms with Crippen molar-refractivity contribution in [1.29, 1.82) is 0 Å². The van der Waals surface area contributed by atoms with E-state index in [0.29, 0.717) is 36.5 Å². The molecule has 2 heterocycles. The molecule has 1 fully saturated rings. The number of hydrogen-bond donors (Lipinski definition) is 2. The van der Waals surface area contributed by atoms with E-state index in [1.165, 1.54) is 4.31 Å². The summed E-state index contributed by atoms with van der Waals surface area (Å²) in [4.78, 5) is 13.7. The molecule has 0 aliphatic carbocycles. The highest BCUT2D eigenvalue weighted by atomic mass is 32.2. The Morgan fingerprint density at radius 2 is 1.67 bits per heavy atom. The Hall–Kier alpha value is -3.04. The maximum absolute atomic E-state index is 12.7. The molecule has 0 atom stereocenters. The van der Waals surface area contributed by atoms with Gasteiger partial charge in [-0.15, -0.1) is 0 Å². The van der Waals surface area contributed by atoms with E-state index in [1.54, 1.807) is 24.3 Å². The average molecular weight is 425 g/mol. The number of nitrogens with one attached hydrogen (secondary N) is 2. The molecule has 0 unspecified atom stereocenters. The van der Waals surface area contributed by atoms with Gasteiger partial charge in [0, 0.05) is 30.4 Å². The van der Waals surface area contributed by atoms with Crippen LogP contribution in [-0.4, -0.2) is 46.8 Å². The molecule has 4 rings (SSSR count). The second-order valence-corrected chi connectivity index (χ2v) is 9.32. The minimum atomic E-state index is -3.46. The highest BCUT2D eigenvalue weighted by molar-refractivity contribution is 7.89. The van der Waals surface area contributed by atoms with Crippen molar-refractivity contribution in [2.24, 2.45) is 0 Å². The molecule has 2 N–H and O–H groups in total. The van der Waals surface area contributed by atoms with E-state index in [9.17, 15) is 8.42 Å². The number of benzene rings is 2. The number of hydrogen-bond acceptors (Lipinski definition) is 7. The molecule has 9 heteroatoms. The zero-order valence-electron chi connectivity index (χ0n) is 16.9. The normalized spacial score (nSPS) is 14.4. The van der Waals surface area contributed by atoms with Crippen LogP contribution in [0.5, 0.6) is 0 Å². The van der Waals surface area contributed by atoms with E-state index >= 15 is 0 Å². The lowest BCUT2D eigenvalue weighted by molar-refractivity contribution is 0.309. The van der Waals surface area contributed by atoms with Crippen LogP contribution in [0.25, 0.3) is 11.4 Å². The van der Waals surface area contributed by atoms with Crippen molar-refractivity contribution in [2.45, 2.75) is 31.2 Å². The lowest BCUT2D eigenvalue weighted by Gasteiger charge is -2.29. The van der Waals surface area contributed by atoms with E-state index < -0.39 is 10.0 Å². The van der Waals surface area contributed by atoms with E-state index in [2.05, 4.69) is 25.6 Å². The van der Waals surface area contributed by atoms with Crippen molar-refractivity contribution in [3.05, 3.63) is 54.6 Å². The summed E-state index contributed by atoms with van der Waals surface area (Å²) in [5.41, 5.74) is 1.46. The van der Waals surface area contributed by atoms with Crippen molar-refractivity contribution in [2.75, 3.05) is 23.7 Å². The summed E-state index contributed by atoms with van der Waals surface area (Å²) >= 11 is 0. The Morgan fingerprint density at radius 3 is 2.33 bits per heavy atom. The molecule has 1 aliphatic heterocycles. The Kier molecular flexibility index (Phi) is 5.65. The molecule has 30 heavy (non-hydrogen) atoms. The standard InChI is InChI=1S/C21H24N6O2S/c1-15(2)22-20-24-19(16-8-4-3-5-9-16)25-21(26-20)23-17-10-6-11-18(14-17)30(28,29)27-12-7-13-27/h3-6,8-11,14-15H,7,12-13H2,1-2H3,(H2,22,23,24,25,26). The molecule has 0 bridgehead atoms. The summed E-state index contributed by atoms with van der Waals surface area (Å²) in [6, 6.07) is 16.5. The molecule has 3 aromatic rings. The first-order valence-electron chi connectivity index (χ1n) is 9.87. The highest BCUT2D eigenvalue weighted by Gasteiger charge is 2.29. The zero-order valence-corrected chi connectivity index (χ0v) is 17.7. The lowest BCUT2D eigenvalue weighted by atomic mass is 10.2. The molecule has 1 saturated heterocycles. The minimum Gasteiger partial charge on any atom is -0.352 e. The monoisotopic (exact) mass is 424 g/mol. The van der Waals surface area contributed by atoms with Crippen LogP contribution >= 0.6 is 0 Å². The molecule has 1 aliphatic rings. The second-order valence-electron chi connectivity index (χ2n) is 7.38. The molecule has 0 radical (unpaired) electrons. The fourth-order valence-electron chi connectivity index (χ4n) is 3.01. The molecule has 0 amide bonds. The summed E-state index contributed by atoms with van der Waals surface area (Å²) in [7, 11) is -3.46. The van der Waals surface area contributed by atoms with Gasteiger partial charge in [-0.2, -0.15) is 19.3 Å². The summed E-state index contributed by atoms with van der Waals surface area (Å²) in [5.74, 6) is 1.32. The van der Waals surface area contributed by atoms with Crippen LogP contribution in [0.3, 0.4) is 0 Å². The average Bonchev–Trinajstić information content (AvgIpc) is 2.66. The molecule has 8 nitrogen and oxygen atoms in total. The lowest BCUT2D eigenvalue weighted by Crippen LogP contribution is -2.41.